The van der Waals surface area contributed by atoms with E-state index in [0.717, 1.165) is 10.0 Å². The molecule has 2 rings (SSSR count). The van der Waals surface area contributed by atoms with E-state index in [1.165, 1.54) is 6.07 Å². The molecule has 0 aliphatic carbocycles. The third-order valence-electron chi connectivity index (χ3n) is 2.64. The van der Waals surface area contributed by atoms with Crippen LogP contribution in [0.3, 0.4) is 0 Å². The molecule has 0 aliphatic rings. The topological polar surface area (TPSA) is 12.9 Å². The van der Waals surface area contributed by atoms with E-state index in [9.17, 15) is 4.39 Å². The summed E-state index contributed by atoms with van der Waals surface area (Å²) in [6.45, 7) is 7.35. The molecule has 0 bridgehead atoms. The van der Waals surface area contributed by atoms with Gasteiger partial charge in [-0.2, -0.15) is 0 Å². The summed E-state index contributed by atoms with van der Waals surface area (Å²) in [5, 5.41) is 0.726. The molecule has 0 aliphatic heterocycles. The van der Waals surface area contributed by atoms with Gasteiger partial charge >= 0.3 is 0 Å². The normalized spacial score (nSPS) is 11.6. The van der Waals surface area contributed by atoms with E-state index in [1.54, 1.807) is 24.3 Å². The summed E-state index contributed by atoms with van der Waals surface area (Å²) >= 11 is 9.20. The van der Waals surface area contributed by atoms with Gasteiger partial charge in [0.25, 0.3) is 0 Å². The second-order valence-corrected chi connectivity index (χ2v) is 5.07. The Balaban J connectivity index is 2.80. The molecular weight excluding hydrogens is 329 g/mol. The Morgan fingerprint density at radius 1 is 1.37 bits per heavy atom. The van der Waals surface area contributed by atoms with Crippen LogP contribution in [0.25, 0.3) is 16.5 Å². The Morgan fingerprint density at radius 3 is 2.74 bits per heavy atom. The number of allylic oxidation sites excluding steroid dienone is 4. The largest absolute Gasteiger partial charge is 0.245 e. The molecule has 0 radical (unpaired) electrons. The fourth-order valence-corrected chi connectivity index (χ4v) is 2.41. The van der Waals surface area contributed by atoms with Crippen molar-refractivity contribution < 1.29 is 4.39 Å². The van der Waals surface area contributed by atoms with E-state index in [0.29, 0.717) is 11.1 Å². The molecule has 0 unspecified atom stereocenters. The van der Waals surface area contributed by atoms with Crippen molar-refractivity contribution in [3.8, 4) is 0 Å². The summed E-state index contributed by atoms with van der Waals surface area (Å²) < 4.78 is 14.8. The first-order valence-corrected chi connectivity index (χ1v) is 6.65. The third-order valence-corrected chi connectivity index (χ3v) is 3.58. The molecule has 0 saturated carbocycles. The molecule has 4 heteroatoms. The van der Waals surface area contributed by atoms with Crippen LogP contribution in [0.1, 0.15) is 5.69 Å². The van der Waals surface area contributed by atoms with Crippen molar-refractivity contribution in [1.82, 2.24) is 4.98 Å². The standard InChI is InChI=1S/C15H10BrClFN/c1-3-5-9(4-2)13-8-11(16)10-6-7-12(17)14(18)15(10)19-13/h3-8H,1-2H2/b9-5+. The number of hydrogen-bond donors (Lipinski definition) is 0. The SMILES string of the molecule is C=C/C=C(\C=C)c1cc(Br)c2ccc(Cl)c(F)c2n1. The minimum atomic E-state index is -0.524. The maximum Gasteiger partial charge on any atom is 0.168 e. The van der Waals surface area contributed by atoms with Crippen molar-refractivity contribution in [2.24, 2.45) is 0 Å². The number of nitrogens with zero attached hydrogens (tertiary/aromatic N) is 1. The molecule has 0 spiro atoms. The average molecular weight is 339 g/mol. The predicted octanol–water partition coefficient (Wildman–Crippen LogP) is 5.55. The van der Waals surface area contributed by atoms with Crippen LogP contribution in [-0.4, -0.2) is 4.98 Å². The average Bonchev–Trinajstić information content (AvgIpc) is 2.40. The number of fused-ring (bicyclic) bond motifs is 1. The first-order chi connectivity index (χ1) is 9.08. The predicted molar refractivity (Wildman–Crippen MR) is 82.8 cm³/mol. The minimum Gasteiger partial charge on any atom is -0.245 e. The van der Waals surface area contributed by atoms with E-state index >= 15 is 0 Å². The molecule has 0 N–H and O–H groups in total. The summed E-state index contributed by atoms with van der Waals surface area (Å²) in [4.78, 5) is 4.31. The van der Waals surface area contributed by atoms with Crippen LogP contribution in [0, 0.1) is 5.82 Å². The molecule has 96 valence electrons. The van der Waals surface area contributed by atoms with Crippen molar-refractivity contribution >= 4 is 44.0 Å². The quantitative estimate of drug-likeness (QED) is 0.669. The van der Waals surface area contributed by atoms with Gasteiger partial charge in [0.15, 0.2) is 5.82 Å². The zero-order valence-corrected chi connectivity index (χ0v) is 12.3. The lowest BCUT2D eigenvalue weighted by Gasteiger charge is -2.07. The lowest BCUT2D eigenvalue weighted by atomic mass is 10.1. The highest BCUT2D eigenvalue weighted by Gasteiger charge is 2.12. The van der Waals surface area contributed by atoms with Gasteiger partial charge in [-0.3, -0.25) is 0 Å². The second kappa shape index (κ2) is 5.68. The van der Waals surface area contributed by atoms with Gasteiger partial charge < -0.3 is 0 Å². The molecule has 0 saturated heterocycles. The minimum absolute atomic E-state index is 0.0527. The fraction of sp³-hybridized carbons (Fsp3) is 0. The van der Waals surface area contributed by atoms with Crippen molar-refractivity contribution in [3.63, 3.8) is 0 Å². The van der Waals surface area contributed by atoms with Gasteiger partial charge in [-0.15, -0.1) is 0 Å². The van der Waals surface area contributed by atoms with E-state index in [-0.39, 0.29) is 10.5 Å². The number of benzene rings is 1. The van der Waals surface area contributed by atoms with Crippen molar-refractivity contribution in [1.29, 1.82) is 0 Å². The summed E-state index contributed by atoms with van der Waals surface area (Å²) in [6.07, 6.45) is 5.03. The Hall–Kier alpha value is -1.45. The molecule has 1 nitrogen and oxygen atoms in total. The van der Waals surface area contributed by atoms with Crippen LogP contribution in [0.4, 0.5) is 4.39 Å². The van der Waals surface area contributed by atoms with Gasteiger partial charge in [-0.1, -0.05) is 58.9 Å². The maximum absolute atomic E-state index is 14.0. The Bertz CT molecular complexity index is 707. The first-order valence-electron chi connectivity index (χ1n) is 5.48. The molecule has 1 aromatic heterocycles. The molecule has 1 aromatic carbocycles. The molecule has 1 heterocycles. The van der Waals surface area contributed by atoms with Crippen LogP contribution in [0.15, 0.2) is 54.1 Å². The van der Waals surface area contributed by atoms with Gasteiger partial charge in [0.2, 0.25) is 0 Å². The van der Waals surface area contributed by atoms with Crippen LogP contribution >= 0.6 is 27.5 Å². The van der Waals surface area contributed by atoms with E-state index < -0.39 is 5.82 Å². The fourth-order valence-electron chi connectivity index (χ4n) is 1.73. The van der Waals surface area contributed by atoms with Crippen LogP contribution in [0.5, 0.6) is 0 Å². The highest BCUT2D eigenvalue weighted by Crippen LogP contribution is 2.31. The highest BCUT2D eigenvalue weighted by molar-refractivity contribution is 9.10. The number of pyridine rings is 1. The molecule has 19 heavy (non-hydrogen) atoms. The number of rotatable bonds is 3. The van der Waals surface area contributed by atoms with Gasteiger partial charge in [0.1, 0.15) is 5.52 Å². The maximum atomic E-state index is 14.0. The third kappa shape index (κ3) is 2.62. The molecule has 0 fully saturated rings. The van der Waals surface area contributed by atoms with Crippen molar-refractivity contribution in [2.45, 2.75) is 0 Å². The van der Waals surface area contributed by atoms with Crippen molar-refractivity contribution in [2.75, 3.05) is 0 Å². The lowest BCUT2D eigenvalue weighted by molar-refractivity contribution is 0.637. The Morgan fingerprint density at radius 2 is 2.11 bits per heavy atom. The van der Waals surface area contributed by atoms with E-state index in [4.69, 9.17) is 11.6 Å². The van der Waals surface area contributed by atoms with Gasteiger partial charge in [0, 0.05) is 9.86 Å². The Kier molecular flexibility index (Phi) is 4.17. The second-order valence-electron chi connectivity index (χ2n) is 3.81. The van der Waals surface area contributed by atoms with Crippen LogP contribution in [-0.2, 0) is 0 Å². The van der Waals surface area contributed by atoms with Crippen LogP contribution in [0.2, 0.25) is 5.02 Å². The molecule has 2 aromatic rings. The van der Waals surface area contributed by atoms with E-state index in [1.807, 2.05) is 6.07 Å². The first kappa shape index (κ1) is 14.0. The summed E-state index contributed by atoms with van der Waals surface area (Å²) in [6, 6.07) is 5.05. The Labute approximate surface area is 124 Å². The molecule has 0 atom stereocenters. The number of aromatic nitrogens is 1. The van der Waals surface area contributed by atoms with Crippen LogP contribution < -0.4 is 0 Å². The van der Waals surface area contributed by atoms with Gasteiger partial charge in [0.05, 0.1) is 10.7 Å². The van der Waals surface area contributed by atoms with Gasteiger partial charge in [-0.05, 0) is 23.8 Å². The zero-order valence-electron chi connectivity index (χ0n) is 9.96. The highest BCUT2D eigenvalue weighted by atomic mass is 79.9. The molecular formula is C15H10BrClFN. The summed E-state index contributed by atoms with van der Waals surface area (Å²) in [5.74, 6) is -0.524. The smallest absolute Gasteiger partial charge is 0.168 e. The lowest BCUT2D eigenvalue weighted by Crippen LogP contribution is -1.93. The van der Waals surface area contributed by atoms with Crippen molar-refractivity contribution in [3.05, 3.63) is 70.6 Å². The van der Waals surface area contributed by atoms with E-state index in [2.05, 4.69) is 34.1 Å². The monoisotopic (exact) mass is 337 g/mol. The molecule has 0 amide bonds. The van der Waals surface area contributed by atoms with Gasteiger partial charge in [-0.25, -0.2) is 9.37 Å². The number of hydrogen-bond acceptors (Lipinski definition) is 1. The zero-order chi connectivity index (χ0) is 14.0. The summed E-state index contributed by atoms with van der Waals surface area (Å²) in [5.41, 5.74) is 1.60. The summed E-state index contributed by atoms with van der Waals surface area (Å²) in [7, 11) is 0. The number of halogens is 3.